The van der Waals surface area contributed by atoms with Crippen molar-refractivity contribution in [1.29, 1.82) is 0 Å². The number of nitrogens with two attached hydrogens (primary N) is 1. The van der Waals surface area contributed by atoms with Crippen molar-refractivity contribution in [2.75, 3.05) is 5.73 Å². The van der Waals surface area contributed by atoms with Crippen molar-refractivity contribution in [3.05, 3.63) is 28.4 Å². The summed E-state index contributed by atoms with van der Waals surface area (Å²) >= 11 is 6.43. The molecule has 0 atom stereocenters. The number of aromatic nitrogens is 2. The van der Waals surface area contributed by atoms with E-state index in [4.69, 9.17) is 5.73 Å². The quantitative estimate of drug-likeness (QED) is 0.733. The molecule has 86 valence electrons. The second-order valence-corrected chi connectivity index (χ2v) is 6.39. The summed E-state index contributed by atoms with van der Waals surface area (Å²) in [6, 6.07) is 6.07. The van der Waals surface area contributed by atoms with Gasteiger partial charge in [-0.15, -0.1) is 11.3 Å². The molecular formula is C11H8BrN3S2. The number of anilines is 1. The number of thiazole rings is 1. The highest BCUT2D eigenvalue weighted by Crippen LogP contribution is 2.37. The Morgan fingerprint density at radius 1 is 1.35 bits per heavy atom. The fourth-order valence-corrected chi connectivity index (χ4v) is 4.01. The Morgan fingerprint density at radius 2 is 2.18 bits per heavy atom. The van der Waals surface area contributed by atoms with Crippen LogP contribution in [0.1, 0.15) is 5.69 Å². The number of rotatable bonds is 1. The van der Waals surface area contributed by atoms with E-state index in [0.717, 1.165) is 36.0 Å². The SMILES string of the molecule is Cc1nsc(N)c1-c1nc2ccc(Br)cc2s1. The standard InChI is InChI=1S/C11H8BrN3S2/c1-5-9(10(13)17-15-5)11-14-7-3-2-6(12)4-8(7)16-11/h2-4H,13H2,1H3. The summed E-state index contributed by atoms with van der Waals surface area (Å²) in [5.41, 5.74) is 8.87. The van der Waals surface area contributed by atoms with E-state index in [-0.39, 0.29) is 0 Å². The van der Waals surface area contributed by atoms with Crippen LogP contribution in [0.25, 0.3) is 20.8 Å². The molecule has 0 aliphatic carbocycles. The zero-order valence-corrected chi connectivity index (χ0v) is 12.1. The van der Waals surface area contributed by atoms with Crippen molar-refractivity contribution in [3.63, 3.8) is 0 Å². The Bertz CT molecular complexity index is 682. The molecule has 2 N–H and O–H groups in total. The third-order valence-electron chi connectivity index (χ3n) is 2.45. The van der Waals surface area contributed by atoms with Gasteiger partial charge in [0.15, 0.2) is 0 Å². The average Bonchev–Trinajstić information content (AvgIpc) is 2.81. The highest BCUT2D eigenvalue weighted by molar-refractivity contribution is 9.10. The van der Waals surface area contributed by atoms with Crippen molar-refractivity contribution in [2.24, 2.45) is 0 Å². The first-order chi connectivity index (χ1) is 8.15. The minimum atomic E-state index is 0.737. The van der Waals surface area contributed by atoms with Crippen LogP contribution in [0.4, 0.5) is 5.00 Å². The number of aryl methyl sites for hydroxylation is 1. The molecule has 17 heavy (non-hydrogen) atoms. The topological polar surface area (TPSA) is 51.8 Å². The average molecular weight is 326 g/mol. The molecule has 6 heteroatoms. The number of nitrogens with zero attached hydrogens (tertiary/aromatic N) is 2. The third kappa shape index (κ3) is 1.86. The summed E-state index contributed by atoms with van der Waals surface area (Å²) in [5, 5.41) is 1.68. The van der Waals surface area contributed by atoms with Gasteiger partial charge in [0.25, 0.3) is 0 Å². The van der Waals surface area contributed by atoms with Crippen LogP contribution in [-0.4, -0.2) is 9.36 Å². The van der Waals surface area contributed by atoms with Crippen molar-refractivity contribution in [1.82, 2.24) is 9.36 Å². The van der Waals surface area contributed by atoms with Crippen LogP contribution in [-0.2, 0) is 0 Å². The molecule has 3 nitrogen and oxygen atoms in total. The molecule has 0 aliphatic heterocycles. The number of hydrogen-bond acceptors (Lipinski definition) is 5. The summed E-state index contributed by atoms with van der Waals surface area (Å²) in [4.78, 5) is 4.60. The molecule has 0 saturated heterocycles. The van der Waals surface area contributed by atoms with Gasteiger partial charge in [0.05, 0.1) is 21.5 Å². The largest absolute Gasteiger partial charge is 0.389 e. The van der Waals surface area contributed by atoms with Gasteiger partial charge in [0, 0.05) is 4.47 Å². The van der Waals surface area contributed by atoms with Gasteiger partial charge in [0.2, 0.25) is 0 Å². The first kappa shape index (κ1) is 11.1. The number of fused-ring (bicyclic) bond motifs is 1. The molecule has 2 heterocycles. The molecule has 0 radical (unpaired) electrons. The monoisotopic (exact) mass is 325 g/mol. The molecule has 0 unspecified atom stereocenters. The Kier molecular flexibility index (Phi) is 2.65. The van der Waals surface area contributed by atoms with E-state index in [1.54, 1.807) is 11.3 Å². The van der Waals surface area contributed by atoms with Gasteiger partial charge in [-0.2, -0.15) is 4.37 Å². The molecule has 3 rings (SSSR count). The maximum Gasteiger partial charge on any atom is 0.129 e. The minimum Gasteiger partial charge on any atom is -0.389 e. The highest BCUT2D eigenvalue weighted by atomic mass is 79.9. The normalized spacial score (nSPS) is 11.2. The lowest BCUT2D eigenvalue weighted by Crippen LogP contribution is -1.84. The van der Waals surface area contributed by atoms with Gasteiger partial charge in [-0.3, -0.25) is 0 Å². The van der Waals surface area contributed by atoms with Crippen LogP contribution in [0.5, 0.6) is 0 Å². The molecule has 0 amide bonds. The molecule has 0 spiro atoms. The molecular weight excluding hydrogens is 318 g/mol. The molecule has 0 aliphatic rings. The van der Waals surface area contributed by atoms with Crippen molar-refractivity contribution in [3.8, 4) is 10.6 Å². The van der Waals surface area contributed by atoms with Crippen LogP contribution in [0.3, 0.4) is 0 Å². The van der Waals surface area contributed by atoms with Gasteiger partial charge in [-0.25, -0.2) is 4.98 Å². The fraction of sp³-hybridized carbons (Fsp3) is 0.0909. The van der Waals surface area contributed by atoms with E-state index in [2.05, 4.69) is 31.4 Å². The van der Waals surface area contributed by atoms with Gasteiger partial charge in [-0.05, 0) is 36.7 Å². The van der Waals surface area contributed by atoms with E-state index in [9.17, 15) is 0 Å². The molecule has 0 saturated carbocycles. The van der Waals surface area contributed by atoms with Crippen molar-refractivity contribution >= 4 is 54.0 Å². The van der Waals surface area contributed by atoms with Gasteiger partial charge < -0.3 is 5.73 Å². The lowest BCUT2D eigenvalue weighted by atomic mass is 10.2. The fourth-order valence-electron chi connectivity index (χ4n) is 1.65. The predicted octanol–water partition coefficient (Wildman–Crippen LogP) is 4.07. The van der Waals surface area contributed by atoms with Crippen molar-refractivity contribution in [2.45, 2.75) is 6.92 Å². The van der Waals surface area contributed by atoms with E-state index in [1.807, 2.05) is 19.1 Å². The van der Waals surface area contributed by atoms with E-state index < -0.39 is 0 Å². The number of benzene rings is 1. The van der Waals surface area contributed by atoms with E-state index in [1.165, 1.54) is 11.5 Å². The molecule has 0 bridgehead atoms. The molecule has 1 aromatic carbocycles. The highest BCUT2D eigenvalue weighted by Gasteiger charge is 2.14. The summed E-state index contributed by atoms with van der Waals surface area (Å²) in [7, 11) is 0. The predicted molar refractivity (Wildman–Crippen MR) is 77.6 cm³/mol. The third-order valence-corrected chi connectivity index (χ3v) is 4.75. The number of halogens is 1. The smallest absolute Gasteiger partial charge is 0.129 e. The van der Waals surface area contributed by atoms with Gasteiger partial charge in [-0.1, -0.05) is 15.9 Å². The summed E-state index contributed by atoms with van der Waals surface area (Å²) in [6.45, 7) is 1.96. The number of nitrogen functional groups attached to an aromatic ring is 1. The lowest BCUT2D eigenvalue weighted by Gasteiger charge is -1.93. The maximum absolute atomic E-state index is 5.94. The Morgan fingerprint density at radius 3 is 2.88 bits per heavy atom. The van der Waals surface area contributed by atoms with Crippen molar-refractivity contribution < 1.29 is 0 Å². The summed E-state index contributed by atoms with van der Waals surface area (Å²) in [5.74, 6) is 0. The van der Waals surface area contributed by atoms with Crippen LogP contribution in [0.2, 0.25) is 0 Å². The first-order valence-corrected chi connectivity index (χ1v) is 7.31. The Labute approximate surface area is 115 Å². The first-order valence-electron chi connectivity index (χ1n) is 4.93. The minimum absolute atomic E-state index is 0.737. The maximum atomic E-state index is 5.94. The van der Waals surface area contributed by atoms with Gasteiger partial charge in [0.1, 0.15) is 10.0 Å². The second kappa shape index (κ2) is 4.04. The second-order valence-electron chi connectivity index (χ2n) is 3.64. The van der Waals surface area contributed by atoms with Crippen LogP contribution >= 0.6 is 38.8 Å². The lowest BCUT2D eigenvalue weighted by molar-refractivity contribution is 1.33. The molecule has 2 aromatic heterocycles. The Hall–Kier alpha value is -0.980. The zero-order chi connectivity index (χ0) is 12.0. The zero-order valence-electron chi connectivity index (χ0n) is 8.90. The Balaban J connectivity index is 2.25. The summed E-state index contributed by atoms with van der Waals surface area (Å²) < 4.78 is 6.47. The molecule has 0 fully saturated rings. The van der Waals surface area contributed by atoms with E-state index in [0.29, 0.717) is 0 Å². The van der Waals surface area contributed by atoms with Crippen LogP contribution in [0.15, 0.2) is 22.7 Å². The number of hydrogen-bond donors (Lipinski definition) is 1. The van der Waals surface area contributed by atoms with Crippen LogP contribution in [0, 0.1) is 6.92 Å². The van der Waals surface area contributed by atoms with Crippen LogP contribution < -0.4 is 5.73 Å². The molecule has 3 aromatic rings. The van der Waals surface area contributed by atoms with E-state index >= 15 is 0 Å². The van der Waals surface area contributed by atoms with Gasteiger partial charge >= 0.3 is 0 Å². The summed E-state index contributed by atoms with van der Waals surface area (Å²) in [6.07, 6.45) is 0.